The Kier molecular flexibility index (Phi) is 3.44. The van der Waals surface area contributed by atoms with Crippen molar-refractivity contribution < 1.29 is 13.9 Å². The van der Waals surface area contributed by atoms with E-state index in [1.54, 1.807) is 0 Å². The van der Waals surface area contributed by atoms with E-state index in [0.29, 0.717) is 0 Å². The van der Waals surface area contributed by atoms with Crippen LogP contribution in [-0.2, 0) is 0 Å². The third-order valence-corrected chi connectivity index (χ3v) is 3.44. The van der Waals surface area contributed by atoms with Crippen LogP contribution >= 0.6 is 15.9 Å². The molecule has 0 aliphatic heterocycles. The molecule has 88 valence electrons. The number of hydrogen-bond donors (Lipinski definition) is 2. The van der Waals surface area contributed by atoms with Gasteiger partial charge in [-0.05, 0) is 41.3 Å². The Labute approximate surface area is 101 Å². The highest BCUT2D eigenvalue weighted by atomic mass is 79.9. The molecule has 2 atom stereocenters. The van der Waals surface area contributed by atoms with Crippen molar-refractivity contribution in [3.8, 4) is 0 Å². The summed E-state index contributed by atoms with van der Waals surface area (Å²) in [5, 5.41) is 12.5. The topological polar surface area (TPSA) is 32.3 Å². The highest BCUT2D eigenvalue weighted by Gasteiger charge is 2.25. The van der Waals surface area contributed by atoms with E-state index in [1.807, 2.05) is 0 Å². The van der Waals surface area contributed by atoms with Gasteiger partial charge < -0.3 is 10.4 Å². The molecule has 1 aliphatic rings. The van der Waals surface area contributed by atoms with Gasteiger partial charge in [0.05, 0.1) is 22.3 Å². The maximum absolute atomic E-state index is 13.4. The average molecular weight is 292 g/mol. The van der Waals surface area contributed by atoms with Crippen LogP contribution in [0, 0.1) is 11.6 Å². The van der Waals surface area contributed by atoms with Gasteiger partial charge in [-0.1, -0.05) is 0 Å². The van der Waals surface area contributed by atoms with Crippen LogP contribution in [0.1, 0.15) is 19.3 Å². The number of hydrogen-bond acceptors (Lipinski definition) is 2. The molecule has 0 aromatic heterocycles. The normalized spacial score (nSPS) is 24.8. The quantitative estimate of drug-likeness (QED) is 0.821. The van der Waals surface area contributed by atoms with Gasteiger partial charge in [0.25, 0.3) is 0 Å². The molecule has 2 nitrogen and oxygen atoms in total. The lowest BCUT2D eigenvalue weighted by molar-refractivity contribution is 0.171. The lowest BCUT2D eigenvalue weighted by atomic mass is 10.2. The summed E-state index contributed by atoms with van der Waals surface area (Å²) in [5.41, 5.74) is 0.222. The van der Waals surface area contributed by atoms with Crippen LogP contribution in [0.4, 0.5) is 14.5 Å². The molecule has 0 spiro atoms. The van der Waals surface area contributed by atoms with E-state index in [9.17, 15) is 13.9 Å². The number of rotatable bonds is 2. The molecule has 0 bridgehead atoms. The second-order valence-electron chi connectivity index (χ2n) is 4.00. The molecule has 1 saturated carbocycles. The summed E-state index contributed by atoms with van der Waals surface area (Å²) < 4.78 is 26.6. The SMILES string of the molecule is OC1CCCC1Nc1cc(Br)c(F)cc1F. The zero-order valence-electron chi connectivity index (χ0n) is 8.51. The number of anilines is 1. The second kappa shape index (κ2) is 4.67. The van der Waals surface area contributed by atoms with Crippen molar-refractivity contribution in [2.24, 2.45) is 0 Å². The van der Waals surface area contributed by atoms with Crippen LogP contribution in [0.15, 0.2) is 16.6 Å². The Hall–Kier alpha value is -0.680. The van der Waals surface area contributed by atoms with Crippen molar-refractivity contribution in [3.63, 3.8) is 0 Å². The molecular weight excluding hydrogens is 280 g/mol. The molecule has 16 heavy (non-hydrogen) atoms. The zero-order chi connectivity index (χ0) is 11.7. The molecule has 2 N–H and O–H groups in total. The summed E-state index contributed by atoms with van der Waals surface area (Å²) >= 11 is 3.00. The van der Waals surface area contributed by atoms with Gasteiger partial charge in [-0.2, -0.15) is 0 Å². The fraction of sp³-hybridized carbons (Fsp3) is 0.455. The summed E-state index contributed by atoms with van der Waals surface area (Å²) in [6.07, 6.45) is 1.99. The predicted molar refractivity (Wildman–Crippen MR) is 61.3 cm³/mol. The first-order valence-electron chi connectivity index (χ1n) is 5.17. The fourth-order valence-electron chi connectivity index (χ4n) is 1.94. The molecular formula is C11H12BrF2NO. The van der Waals surface area contributed by atoms with Gasteiger partial charge in [0, 0.05) is 6.07 Å². The van der Waals surface area contributed by atoms with E-state index >= 15 is 0 Å². The zero-order valence-corrected chi connectivity index (χ0v) is 10.1. The smallest absolute Gasteiger partial charge is 0.149 e. The Bertz CT molecular complexity index is 400. The van der Waals surface area contributed by atoms with Crippen molar-refractivity contribution in [2.45, 2.75) is 31.4 Å². The average Bonchev–Trinajstić information content (AvgIpc) is 2.61. The van der Waals surface area contributed by atoms with Crippen LogP contribution in [0.5, 0.6) is 0 Å². The van der Waals surface area contributed by atoms with Crippen LogP contribution in [0.25, 0.3) is 0 Å². The lowest BCUT2D eigenvalue weighted by Gasteiger charge is -2.18. The van der Waals surface area contributed by atoms with Gasteiger partial charge in [0.2, 0.25) is 0 Å². The Morgan fingerprint density at radius 1 is 1.25 bits per heavy atom. The van der Waals surface area contributed by atoms with Crippen LogP contribution in [0.2, 0.25) is 0 Å². The molecule has 0 heterocycles. The van der Waals surface area contributed by atoms with E-state index < -0.39 is 17.7 Å². The summed E-state index contributed by atoms with van der Waals surface area (Å²) in [5.74, 6) is -1.27. The Balaban J connectivity index is 2.18. The molecule has 1 aliphatic carbocycles. The van der Waals surface area contributed by atoms with Crippen molar-refractivity contribution in [1.82, 2.24) is 0 Å². The van der Waals surface area contributed by atoms with Gasteiger partial charge in [-0.3, -0.25) is 0 Å². The highest BCUT2D eigenvalue weighted by molar-refractivity contribution is 9.10. The predicted octanol–water partition coefficient (Wildman–Crippen LogP) is 3.05. The Morgan fingerprint density at radius 2 is 2.00 bits per heavy atom. The van der Waals surface area contributed by atoms with Gasteiger partial charge >= 0.3 is 0 Å². The largest absolute Gasteiger partial charge is 0.391 e. The molecule has 5 heteroatoms. The first kappa shape index (κ1) is 11.8. The molecule has 2 unspecified atom stereocenters. The van der Waals surface area contributed by atoms with Crippen molar-refractivity contribution in [3.05, 3.63) is 28.2 Å². The molecule has 1 aromatic carbocycles. The Morgan fingerprint density at radius 3 is 2.62 bits per heavy atom. The molecule has 0 saturated heterocycles. The van der Waals surface area contributed by atoms with E-state index in [4.69, 9.17) is 0 Å². The molecule has 1 fully saturated rings. The number of aliphatic hydroxyl groups excluding tert-OH is 1. The lowest BCUT2D eigenvalue weighted by Crippen LogP contribution is -2.28. The second-order valence-corrected chi connectivity index (χ2v) is 4.85. The highest BCUT2D eigenvalue weighted by Crippen LogP contribution is 2.28. The minimum atomic E-state index is -0.639. The van der Waals surface area contributed by atoms with Gasteiger partial charge in [0.15, 0.2) is 0 Å². The fourth-order valence-corrected chi connectivity index (χ4v) is 2.29. The van der Waals surface area contributed by atoms with E-state index in [-0.39, 0.29) is 16.2 Å². The van der Waals surface area contributed by atoms with Crippen molar-refractivity contribution in [1.29, 1.82) is 0 Å². The maximum atomic E-state index is 13.4. The first-order chi connectivity index (χ1) is 7.58. The number of benzene rings is 1. The molecule has 0 radical (unpaired) electrons. The molecule has 1 aromatic rings. The van der Waals surface area contributed by atoms with E-state index in [1.165, 1.54) is 6.07 Å². The maximum Gasteiger partial charge on any atom is 0.149 e. The van der Waals surface area contributed by atoms with Gasteiger partial charge in [0.1, 0.15) is 11.6 Å². The number of nitrogens with one attached hydrogen (secondary N) is 1. The third-order valence-electron chi connectivity index (χ3n) is 2.83. The molecule has 0 amide bonds. The van der Waals surface area contributed by atoms with Crippen molar-refractivity contribution >= 4 is 21.6 Å². The van der Waals surface area contributed by atoms with Crippen molar-refractivity contribution in [2.75, 3.05) is 5.32 Å². The van der Waals surface area contributed by atoms with E-state index in [2.05, 4.69) is 21.2 Å². The summed E-state index contributed by atoms with van der Waals surface area (Å²) in [4.78, 5) is 0. The van der Waals surface area contributed by atoms with E-state index in [0.717, 1.165) is 25.3 Å². The standard InChI is InChI=1S/C11H12BrF2NO/c12-6-4-10(8(14)5-7(6)13)15-9-2-1-3-11(9)16/h4-5,9,11,15-16H,1-3H2. The summed E-state index contributed by atoms with van der Waals surface area (Å²) in [6.45, 7) is 0. The monoisotopic (exact) mass is 291 g/mol. The minimum Gasteiger partial charge on any atom is -0.391 e. The molecule has 2 rings (SSSR count). The van der Waals surface area contributed by atoms with Crippen LogP contribution < -0.4 is 5.32 Å². The summed E-state index contributed by atoms with van der Waals surface area (Å²) in [6, 6.07) is 2.04. The minimum absolute atomic E-state index is 0.146. The first-order valence-corrected chi connectivity index (χ1v) is 5.96. The number of aliphatic hydroxyl groups is 1. The van der Waals surface area contributed by atoms with Gasteiger partial charge in [-0.25, -0.2) is 8.78 Å². The van der Waals surface area contributed by atoms with Gasteiger partial charge in [-0.15, -0.1) is 0 Å². The number of halogens is 3. The third kappa shape index (κ3) is 2.35. The van der Waals surface area contributed by atoms with Crippen LogP contribution in [-0.4, -0.2) is 17.3 Å². The van der Waals surface area contributed by atoms with Crippen LogP contribution in [0.3, 0.4) is 0 Å². The summed E-state index contributed by atoms with van der Waals surface area (Å²) in [7, 11) is 0.